The number of likely N-dealkylation sites (N-methyl/N-ethyl adjacent to an activating group) is 1. The van der Waals surface area contributed by atoms with Gasteiger partial charge >= 0.3 is 5.97 Å². The number of carboxylic acid groups (broad SMARTS) is 1. The first-order valence-electron chi connectivity index (χ1n) is 5.82. The van der Waals surface area contributed by atoms with E-state index in [1.165, 1.54) is 0 Å². The molecule has 1 saturated heterocycles. The number of nitrogens with zero attached hydrogens (tertiary/aromatic N) is 1. The number of amides is 1. The molecule has 2 atom stereocenters. The van der Waals surface area contributed by atoms with Crippen LogP contribution in [-0.2, 0) is 9.59 Å². The van der Waals surface area contributed by atoms with Gasteiger partial charge in [0.1, 0.15) is 6.04 Å². The molecule has 1 aliphatic rings. The number of carboxylic acids is 1. The molecule has 5 heteroatoms. The molecule has 1 heterocycles. The van der Waals surface area contributed by atoms with Crippen molar-refractivity contribution in [2.45, 2.75) is 44.7 Å². The Balaban J connectivity index is 2.80. The third-order valence-corrected chi connectivity index (χ3v) is 3.17. The highest BCUT2D eigenvalue weighted by Crippen LogP contribution is 2.21. The highest BCUT2D eigenvalue weighted by atomic mass is 16.4. The minimum atomic E-state index is -0.835. The first-order valence-corrected chi connectivity index (χ1v) is 5.82. The monoisotopic (exact) mass is 228 g/mol. The molecule has 1 aliphatic heterocycles. The highest BCUT2D eigenvalue weighted by Gasteiger charge is 2.35. The van der Waals surface area contributed by atoms with E-state index in [2.05, 4.69) is 5.32 Å². The zero-order valence-electron chi connectivity index (χ0n) is 9.90. The molecule has 92 valence electrons. The van der Waals surface area contributed by atoms with Crippen LogP contribution < -0.4 is 5.32 Å². The number of aliphatic carboxylic acids is 1. The minimum absolute atomic E-state index is 0.0700. The fourth-order valence-corrected chi connectivity index (χ4v) is 2.33. The third kappa shape index (κ3) is 2.72. The van der Waals surface area contributed by atoms with Crippen molar-refractivity contribution in [3.63, 3.8) is 0 Å². The van der Waals surface area contributed by atoms with Gasteiger partial charge in [-0.15, -0.1) is 0 Å². The average molecular weight is 228 g/mol. The highest BCUT2D eigenvalue weighted by molar-refractivity contribution is 5.83. The molecule has 16 heavy (non-hydrogen) atoms. The summed E-state index contributed by atoms with van der Waals surface area (Å²) >= 11 is 0. The minimum Gasteiger partial charge on any atom is -0.480 e. The topological polar surface area (TPSA) is 69.6 Å². The average Bonchev–Trinajstić information content (AvgIpc) is 2.29. The molecule has 0 aromatic carbocycles. The first-order chi connectivity index (χ1) is 7.61. The molecule has 0 saturated carbocycles. The van der Waals surface area contributed by atoms with Crippen LogP contribution >= 0.6 is 0 Å². The van der Waals surface area contributed by atoms with Gasteiger partial charge in [-0.25, -0.2) is 0 Å². The van der Waals surface area contributed by atoms with E-state index < -0.39 is 12.0 Å². The Labute approximate surface area is 95.8 Å². The number of carbonyl (C=O) groups excluding carboxylic acids is 1. The summed E-state index contributed by atoms with van der Waals surface area (Å²) in [5.41, 5.74) is 0. The standard InChI is InChI=1S/C11H20N2O3/c1-3-8(11(15)16)13-7-5-4-6-9(13)10(14)12-2/h8-9H,3-7H2,1-2H3,(H,12,14)(H,15,16). The van der Waals surface area contributed by atoms with Gasteiger partial charge in [-0.1, -0.05) is 13.3 Å². The summed E-state index contributed by atoms with van der Waals surface area (Å²) in [4.78, 5) is 24.6. The van der Waals surface area contributed by atoms with Crippen LogP contribution in [-0.4, -0.2) is 47.6 Å². The molecule has 5 nitrogen and oxygen atoms in total. The predicted molar refractivity (Wildman–Crippen MR) is 60.1 cm³/mol. The second kappa shape index (κ2) is 5.84. The van der Waals surface area contributed by atoms with E-state index in [-0.39, 0.29) is 11.9 Å². The molecule has 0 radical (unpaired) electrons. The molecular weight excluding hydrogens is 208 g/mol. The van der Waals surface area contributed by atoms with Gasteiger partial charge in [0.05, 0.1) is 6.04 Å². The Hall–Kier alpha value is -1.10. The van der Waals surface area contributed by atoms with Gasteiger partial charge in [-0.3, -0.25) is 14.5 Å². The summed E-state index contributed by atoms with van der Waals surface area (Å²) in [6.45, 7) is 2.54. The number of rotatable bonds is 4. The third-order valence-electron chi connectivity index (χ3n) is 3.17. The lowest BCUT2D eigenvalue weighted by atomic mass is 9.98. The second-order valence-corrected chi connectivity index (χ2v) is 4.13. The van der Waals surface area contributed by atoms with E-state index in [1.54, 1.807) is 7.05 Å². The molecule has 0 aromatic rings. The molecule has 0 aliphatic carbocycles. The maximum absolute atomic E-state index is 11.7. The van der Waals surface area contributed by atoms with Gasteiger partial charge in [-0.05, 0) is 25.8 Å². The molecule has 2 unspecified atom stereocenters. The Morgan fingerprint density at radius 1 is 1.50 bits per heavy atom. The SMILES string of the molecule is CCC(C(=O)O)N1CCCCC1C(=O)NC. The molecule has 1 amide bonds. The van der Waals surface area contributed by atoms with Crippen LogP contribution in [0.15, 0.2) is 0 Å². The van der Waals surface area contributed by atoms with Crippen LogP contribution in [0.5, 0.6) is 0 Å². The van der Waals surface area contributed by atoms with Gasteiger partial charge in [0, 0.05) is 7.05 Å². The van der Waals surface area contributed by atoms with Gasteiger partial charge in [0.15, 0.2) is 0 Å². The van der Waals surface area contributed by atoms with E-state index in [1.807, 2.05) is 11.8 Å². The van der Waals surface area contributed by atoms with E-state index in [4.69, 9.17) is 5.11 Å². The number of nitrogens with one attached hydrogen (secondary N) is 1. The summed E-state index contributed by atoms with van der Waals surface area (Å²) in [6.07, 6.45) is 3.24. The van der Waals surface area contributed by atoms with Crippen molar-refractivity contribution in [2.24, 2.45) is 0 Å². The van der Waals surface area contributed by atoms with E-state index >= 15 is 0 Å². The lowest BCUT2D eigenvalue weighted by Crippen LogP contribution is -2.55. The summed E-state index contributed by atoms with van der Waals surface area (Å²) in [7, 11) is 1.59. The number of likely N-dealkylation sites (tertiary alicyclic amines) is 1. The maximum atomic E-state index is 11.7. The van der Waals surface area contributed by atoms with Crippen molar-refractivity contribution in [2.75, 3.05) is 13.6 Å². The van der Waals surface area contributed by atoms with Gasteiger partial charge in [-0.2, -0.15) is 0 Å². The normalized spacial score (nSPS) is 23.8. The summed E-state index contributed by atoms with van der Waals surface area (Å²) in [6, 6.07) is -0.817. The summed E-state index contributed by atoms with van der Waals surface area (Å²) in [5, 5.41) is 11.7. The molecule has 0 aromatic heterocycles. The van der Waals surface area contributed by atoms with Crippen LogP contribution in [0.4, 0.5) is 0 Å². The zero-order chi connectivity index (χ0) is 12.1. The molecule has 1 rings (SSSR count). The number of carbonyl (C=O) groups is 2. The van der Waals surface area contributed by atoms with Crippen molar-refractivity contribution in [1.82, 2.24) is 10.2 Å². The molecular formula is C11H20N2O3. The van der Waals surface area contributed by atoms with Crippen molar-refractivity contribution >= 4 is 11.9 Å². The van der Waals surface area contributed by atoms with Crippen LogP contribution in [0, 0.1) is 0 Å². The number of piperidine rings is 1. The van der Waals surface area contributed by atoms with Crippen molar-refractivity contribution in [1.29, 1.82) is 0 Å². The maximum Gasteiger partial charge on any atom is 0.320 e. The zero-order valence-corrected chi connectivity index (χ0v) is 9.90. The summed E-state index contributed by atoms with van der Waals surface area (Å²) < 4.78 is 0. The fraction of sp³-hybridized carbons (Fsp3) is 0.818. The number of hydrogen-bond donors (Lipinski definition) is 2. The van der Waals surface area contributed by atoms with Crippen molar-refractivity contribution < 1.29 is 14.7 Å². The lowest BCUT2D eigenvalue weighted by Gasteiger charge is -2.37. The van der Waals surface area contributed by atoms with Crippen molar-refractivity contribution in [3.05, 3.63) is 0 Å². The van der Waals surface area contributed by atoms with Crippen LogP contribution in [0.25, 0.3) is 0 Å². The number of hydrogen-bond acceptors (Lipinski definition) is 3. The van der Waals surface area contributed by atoms with Gasteiger partial charge < -0.3 is 10.4 Å². The molecule has 0 bridgehead atoms. The van der Waals surface area contributed by atoms with Crippen LogP contribution in [0.3, 0.4) is 0 Å². The summed E-state index contributed by atoms with van der Waals surface area (Å²) in [5.74, 6) is -0.905. The largest absolute Gasteiger partial charge is 0.480 e. The molecule has 0 spiro atoms. The van der Waals surface area contributed by atoms with Gasteiger partial charge in [0.2, 0.25) is 5.91 Å². The fourth-order valence-electron chi connectivity index (χ4n) is 2.33. The van der Waals surface area contributed by atoms with Crippen LogP contribution in [0.1, 0.15) is 32.6 Å². The Morgan fingerprint density at radius 3 is 2.69 bits per heavy atom. The Bertz CT molecular complexity index is 268. The van der Waals surface area contributed by atoms with Crippen molar-refractivity contribution in [3.8, 4) is 0 Å². The first kappa shape index (κ1) is 13.0. The van der Waals surface area contributed by atoms with E-state index in [9.17, 15) is 9.59 Å². The van der Waals surface area contributed by atoms with Crippen LogP contribution in [0.2, 0.25) is 0 Å². The lowest BCUT2D eigenvalue weighted by molar-refractivity contribution is -0.146. The van der Waals surface area contributed by atoms with E-state index in [0.29, 0.717) is 13.0 Å². The quantitative estimate of drug-likeness (QED) is 0.733. The second-order valence-electron chi connectivity index (χ2n) is 4.13. The molecule has 2 N–H and O–H groups in total. The smallest absolute Gasteiger partial charge is 0.320 e. The Morgan fingerprint density at radius 2 is 2.19 bits per heavy atom. The van der Waals surface area contributed by atoms with Gasteiger partial charge in [0.25, 0.3) is 0 Å². The Kier molecular flexibility index (Phi) is 4.73. The molecule has 1 fully saturated rings. The predicted octanol–water partition coefficient (Wildman–Crippen LogP) is 0.450. The van der Waals surface area contributed by atoms with E-state index in [0.717, 1.165) is 19.3 Å².